The number of halogens is 1. The minimum atomic E-state index is 0.108. The van der Waals surface area contributed by atoms with Crippen LogP contribution in [0.15, 0.2) is 34.7 Å². The molecule has 0 atom stereocenters. The third kappa shape index (κ3) is 1.74. The number of anilines is 2. The quantitative estimate of drug-likeness (QED) is 0.702. The number of furan rings is 1. The fraction of sp³-hybridized carbons (Fsp3) is 0. The van der Waals surface area contributed by atoms with Gasteiger partial charge in [-0.3, -0.25) is 0 Å². The first-order valence-electron chi connectivity index (χ1n) is 5.22. The Morgan fingerprint density at radius 2 is 1.94 bits per heavy atom. The SMILES string of the molecule is Nc1cc(-c2cc3cccc(Cl)c3o2)nc(N)n1. The van der Waals surface area contributed by atoms with Crippen molar-refractivity contribution in [2.24, 2.45) is 0 Å². The molecule has 0 spiro atoms. The number of rotatable bonds is 1. The van der Waals surface area contributed by atoms with Gasteiger partial charge in [-0.05, 0) is 12.1 Å². The number of hydrogen-bond acceptors (Lipinski definition) is 5. The number of nitrogens with two attached hydrogens (primary N) is 2. The molecule has 4 N–H and O–H groups in total. The van der Waals surface area contributed by atoms with Crippen molar-refractivity contribution in [3.63, 3.8) is 0 Å². The summed E-state index contributed by atoms with van der Waals surface area (Å²) in [7, 11) is 0. The van der Waals surface area contributed by atoms with Gasteiger partial charge >= 0.3 is 0 Å². The van der Waals surface area contributed by atoms with Gasteiger partial charge in [-0.1, -0.05) is 23.7 Å². The van der Waals surface area contributed by atoms with E-state index in [2.05, 4.69) is 9.97 Å². The molecule has 18 heavy (non-hydrogen) atoms. The maximum atomic E-state index is 6.04. The van der Waals surface area contributed by atoms with Gasteiger partial charge in [-0.25, -0.2) is 4.98 Å². The van der Waals surface area contributed by atoms with E-state index in [1.54, 1.807) is 12.1 Å². The van der Waals surface area contributed by atoms with Gasteiger partial charge < -0.3 is 15.9 Å². The van der Waals surface area contributed by atoms with Crippen LogP contribution in [0.1, 0.15) is 0 Å². The van der Waals surface area contributed by atoms with E-state index >= 15 is 0 Å². The number of nitrogen functional groups attached to an aromatic ring is 2. The van der Waals surface area contributed by atoms with Gasteiger partial charge in [0.1, 0.15) is 11.5 Å². The highest BCUT2D eigenvalue weighted by atomic mass is 35.5. The van der Waals surface area contributed by atoms with Crippen LogP contribution < -0.4 is 11.5 Å². The smallest absolute Gasteiger partial charge is 0.222 e. The zero-order chi connectivity index (χ0) is 12.7. The monoisotopic (exact) mass is 260 g/mol. The van der Waals surface area contributed by atoms with E-state index < -0.39 is 0 Å². The Hall–Kier alpha value is -2.27. The largest absolute Gasteiger partial charge is 0.453 e. The van der Waals surface area contributed by atoms with E-state index in [1.165, 1.54) is 0 Å². The van der Waals surface area contributed by atoms with E-state index in [9.17, 15) is 0 Å². The second kappa shape index (κ2) is 3.89. The molecule has 3 rings (SSSR count). The summed E-state index contributed by atoms with van der Waals surface area (Å²) in [6.07, 6.45) is 0. The van der Waals surface area contributed by atoms with Crippen molar-refractivity contribution in [1.29, 1.82) is 0 Å². The fourth-order valence-corrected chi connectivity index (χ4v) is 1.99. The lowest BCUT2D eigenvalue weighted by atomic mass is 10.2. The lowest BCUT2D eigenvalue weighted by Gasteiger charge is -1.99. The van der Waals surface area contributed by atoms with Crippen LogP contribution in [0.4, 0.5) is 11.8 Å². The first-order chi connectivity index (χ1) is 8.63. The number of nitrogens with zero attached hydrogens (tertiary/aromatic N) is 2. The van der Waals surface area contributed by atoms with E-state index in [1.807, 2.05) is 18.2 Å². The number of para-hydroxylation sites is 1. The van der Waals surface area contributed by atoms with E-state index in [0.717, 1.165) is 5.39 Å². The first-order valence-corrected chi connectivity index (χ1v) is 5.60. The highest BCUT2D eigenvalue weighted by Gasteiger charge is 2.11. The van der Waals surface area contributed by atoms with Crippen molar-refractivity contribution in [3.05, 3.63) is 35.4 Å². The van der Waals surface area contributed by atoms with Crippen LogP contribution in [0, 0.1) is 0 Å². The lowest BCUT2D eigenvalue weighted by molar-refractivity contribution is 0.629. The molecule has 0 radical (unpaired) electrons. The maximum Gasteiger partial charge on any atom is 0.222 e. The van der Waals surface area contributed by atoms with E-state index in [-0.39, 0.29) is 5.95 Å². The fourth-order valence-electron chi connectivity index (χ4n) is 1.77. The van der Waals surface area contributed by atoms with Gasteiger partial charge in [-0.2, -0.15) is 4.98 Å². The molecule has 0 fully saturated rings. The summed E-state index contributed by atoms with van der Waals surface area (Å²) in [6.45, 7) is 0. The summed E-state index contributed by atoms with van der Waals surface area (Å²) in [4.78, 5) is 7.89. The summed E-state index contributed by atoms with van der Waals surface area (Å²) in [5.74, 6) is 0.958. The molecular weight excluding hydrogens is 252 g/mol. The third-order valence-electron chi connectivity index (χ3n) is 2.51. The number of aromatic nitrogens is 2. The van der Waals surface area contributed by atoms with Gasteiger partial charge in [-0.15, -0.1) is 0 Å². The molecule has 0 amide bonds. The van der Waals surface area contributed by atoms with Gasteiger partial charge in [0, 0.05) is 11.5 Å². The van der Waals surface area contributed by atoms with Crippen LogP contribution in [0.3, 0.4) is 0 Å². The number of fused-ring (bicyclic) bond motifs is 1. The highest BCUT2D eigenvalue weighted by molar-refractivity contribution is 6.34. The van der Waals surface area contributed by atoms with Crippen LogP contribution in [0.2, 0.25) is 5.02 Å². The van der Waals surface area contributed by atoms with Crippen LogP contribution >= 0.6 is 11.6 Å². The van der Waals surface area contributed by atoms with Crippen LogP contribution in [0.25, 0.3) is 22.4 Å². The molecule has 3 aromatic rings. The van der Waals surface area contributed by atoms with Crippen molar-refractivity contribution in [2.75, 3.05) is 11.5 Å². The zero-order valence-electron chi connectivity index (χ0n) is 9.22. The number of hydrogen-bond donors (Lipinski definition) is 2. The Labute approximate surface area is 107 Å². The Bertz CT molecular complexity index is 718. The molecule has 0 saturated carbocycles. The Kier molecular flexibility index (Phi) is 2.34. The maximum absolute atomic E-state index is 6.04. The Balaban J connectivity index is 2.22. The summed E-state index contributed by atoms with van der Waals surface area (Å²) < 4.78 is 5.66. The van der Waals surface area contributed by atoms with Crippen LogP contribution in [-0.2, 0) is 0 Å². The average Bonchev–Trinajstić information content (AvgIpc) is 2.73. The molecule has 0 aliphatic carbocycles. The van der Waals surface area contributed by atoms with E-state index in [4.69, 9.17) is 27.5 Å². The van der Waals surface area contributed by atoms with Gasteiger partial charge in [0.25, 0.3) is 0 Å². The molecule has 90 valence electrons. The summed E-state index contributed by atoms with van der Waals surface area (Å²) in [5, 5.41) is 1.45. The summed E-state index contributed by atoms with van der Waals surface area (Å²) in [5.41, 5.74) is 12.3. The molecule has 0 bridgehead atoms. The predicted molar refractivity (Wildman–Crippen MR) is 71.1 cm³/mol. The Morgan fingerprint density at radius 3 is 2.67 bits per heavy atom. The molecule has 0 unspecified atom stereocenters. The molecule has 0 saturated heterocycles. The molecule has 0 aliphatic heterocycles. The molecule has 2 heterocycles. The normalized spacial score (nSPS) is 10.9. The predicted octanol–water partition coefficient (Wildman–Crippen LogP) is 2.71. The number of benzene rings is 1. The third-order valence-corrected chi connectivity index (χ3v) is 2.81. The Morgan fingerprint density at radius 1 is 1.11 bits per heavy atom. The molecule has 0 aliphatic rings. The zero-order valence-corrected chi connectivity index (χ0v) is 9.98. The summed E-state index contributed by atoms with van der Waals surface area (Å²) >= 11 is 6.04. The van der Waals surface area contributed by atoms with Gasteiger partial charge in [0.2, 0.25) is 5.95 Å². The van der Waals surface area contributed by atoms with Crippen molar-refractivity contribution >= 4 is 34.3 Å². The molecule has 2 aromatic heterocycles. The molecular formula is C12H9ClN4O. The molecule has 1 aromatic carbocycles. The van der Waals surface area contributed by atoms with Crippen molar-refractivity contribution in [3.8, 4) is 11.5 Å². The highest BCUT2D eigenvalue weighted by Crippen LogP contribution is 2.31. The molecule has 6 heteroatoms. The van der Waals surface area contributed by atoms with Gasteiger partial charge in [0.15, 0.2) is 11.3 Å². The summed E-state index contributed by atoms with van der Waals surface area (Å²) in [6, 6.07) is 8.96. The topological polar surface area (TPSA) is 91.0 Å². The van der Waals surface area contributed by atoms with Gasteiger partial charge in [0.05, 0.1) is 5.02 Å². The van der Waals surface area contributed by atoms with Crippen LogP contribution in [0.5, 0.6) is 0 Å². The molecule has 5 nitrogen and oxygen atoms in total. The second-order valence-corrected chi connectivity index (χ2v) is 4.21. The van der Waals surface area contributed by atoms with Crippen molar-refractivity contribution in [1.82, 2.24) is 9.97 Å². The lowest BCUT2D eigenvalue weighted by Crippen LogP contribution is -2.00. The standard InChI is InChI=1S/C12H9ClN4O/c13-7-3-1-2-6-4-9(18-11(6)7)8-5-10(14)17-12(15)16-8/h1-5H,(H4,14,15,16,17). The van der Waals surface area contributed by atoms with Crippen LogP contribution in [-0.4, -0.2) is 9.97 Å². The minimum Gasteiger partial charge on any atom is -0.453 e. The van der Waals surface area contributed by atoms with Crippen molar-refractivity contribution < 1.29 is 4.42 Å². The first kappa shape index (κ1) is 10.9. The second-order valence-electron chi connectivity index (χ2n) is 3.81. The average molecular weight is 261 g/mol. The van der Waals surface area contributed by atoms with Crippen molar-refractivity contribution in [2.45, 2.75) is 0 Å². The van der Waals surface area contributed by atoms with E-state index in [0.29, 0.717) is 27.9 Å². The minimum absolute atomic E-state index is 0.108.